The summed E-state index contributed by atoms with van der Waals surface area (Å²) in [5.74, 6) is 0.0517. The number of phenolic OH excluding ortho intramolecular Hbond substituents is 1. The summed E-state index contributed by atoms with van der Waals surface area (Å²) in [6, 6.07) is 3.25. The molecule has 2 heterocycles. The van der Waals surface area contributed by atoms with Crippen molar-refractivity contribution in [2.45, 2.75) is 99.8 Å². The molecule has 50 heavy (non-hydrogen) atoms. The first-order chi connectivity index (χ1) is 24.2. The number of carbonyl (C=O) groups excluding carboxylic acids is 4. The molecule has 5 atom stereocenters. The summed E-state index contributed by atoms with van der Waals surface area (Å²) in [4.78, 5) is 50.6. The maximum atomic E-state index is 13.1. The van der Waals surface area contributed by atoms with Gasteiger partial charge in [0.1, 0.15) is 32.5 Å². The zero-order valence-corrected chi connectivity index (χ0v) is 29.1. The molecule has 3 fully saturated rings. The van der Waals surface area contributed by atoms with E-state index < -0.39 is 17.1 Å². The average Bonchev–Trinajstić information content (AvgIpc) is 3.84. The van der Waals surface area contributed by atoms with Crippen molar-refractivity contribution in [3.8, 4) is 11.5 Å². The molecule has 14 heteroatoms. The molecule has 0 unspecified atom stereocenters. The molecular formula is C36H53N5O9. The van der Waals surface area contributed by atoms with Crippen LogP contribution in [0.2, 0.25) is 0 Å². The molecule has 4 amide bonds. The van der Waals surface area contributed by atoms with Crippen LogP contribution in [-0.4, -0.2) is 122 Å². The minimum absolute atomic E-state index is 0.0293. The summed E-state index contributed by atoms with van der Waals surface area (Å²) in [6.45, 7) is 2.11. The van der Waals surface area contributed by atoms with Crippen molar-refractivity contribution in [1.29, 1.82) is 0 Å². The molecule has 14 nitrogen and oxygen atoms in total. The standard InChI is InChI=1S/C36H53N5O9/c1-37-28(43)19-48-20-29(44)38-14-5-3-2-4-6-15-39-30(45)21-49-22-31(46)40-25-11-12-36(47)27-17-24-9-10-26(42)33-32(24)35(36,34(25)50-33)13-16-41(27)18-23-7-8-23/h9-10,23,25,27,34,42,47H,2-8,11-22H2,1H3,(H,37,43)(H,38,44)(H,39,45)(H,40,46)/t25-,27-,34+,35+,36-/m1/s1. The van der Waals surface area contributed by atoms with Crippen molar-refractivity contribution in [1.82, 2.24) is 26.2 Å². The van der Waals surface area contributed by atoms with E-state index in [1.807, 2.05) is 6.07 Å². The third-order valence-electron chi connectivity index (χ3n) is 11.3. The average molecular weight is 700 g/mol. The molecule has 5 aliphatic rings. The molecule has 276 valence electrons. The normalized spacial score (nSPS) is 27.5. The lowest BCUT2D eigenvalue weighted by atomic mass is 9.48. The zero-order valence-electron chi connectivity index (χ0n) is 29.1. The Balaban J connectivity index is 0.883. The van der Waals surface area contributed by atoms with Crippen LogP contribution in [0.25, 0.3) is 0 Å². The van der Waals surface area contributed by atoms with Gasteiger partial charge in [-0.25, -0.2) is 0 Å². The Morgan fingerprint density at radius 2 is 1.52 bits per heavy atom. The third kappa shape index (κ3) is 7.58. The molecule has 0 aromatic heterocycles. The van der Waals surface area contributed by atoms with Crippen LogP contribution in [0.3, 0.4) is 0 Å². The van der Waals surface area contributed by atoms with Crippen molar-refractivity contribution in [2.75, 3.05) is 59.7 Å². The van der Waals surface area contributed by atoms with E-state index in [1.165, 1.54) is 19.9 Å². The predicted molar refractivity (Wildman–Crippen MR) is 182 cm³/mol. The van der Waals surface area contributed by atoms with Gasteiger partial charge in [0.25, 0.3) is 0 Å². The molecule has 2 bridgehead atoms. The molecule has 1 aromatic carbocycles. The molecule has 1 spiro atoms. The number of carbonyl (C=O) groups is 4. The second-order valence-electron chi connectivity index (χ2n) is 14.6. The van der Waals surface area contributed by atoms with Crippen LogP contribution in [0.4, 0.5) is 0 Å². The van der Waals surface area contributed by atoms with Gasteiger partial charge in [0.05, 0.1) is 17.1 Å². The lowest BCUT2D eigenvalue weighted by molar-refractivity contribution is -0.192. The molecule has 3 aliphatic carbocycles. The van der Waals surface area contributed by atoms with Crippen molar-refractivity contribution in [2.24, 2.45) is 5.92 Å². The van der Waals surface area contributed by atoms with Crippen LogP contribution in [-0.2, 0) is 40.5 Å². The molecule has 1 saturated heterocycles. The first kappa shape index (κ1) is 36.3. The number of aliphatic hydroxyl groups is 1. The number of piperidine rings is 1. The number of amides is 4. The number of benzene rings is 1. The number of hydrogen-bond donors (Lipinski definition) is 6. The molecule has 0 radical (unpaired) electrons. The van der Waals surface area contributed by atoms with Crippen LogP contribution in [0, 0.1) is 5.92 Å². The Morgan fingerprint density at radius 1 is 0.880 bits per heavy atom. The highest BCUT2D eigenvalue weighted by Gasteiger charge is 2.73. The highest BCUT2D eigenvalue weighted by Crippen LogP contribution is 2.65. The second kappa shape index (κ2) is 15.8. The van der Waals surface area contributed by atoms with E-state index in [4.69, 9.17) is 14.2 Å². The SMILES string of the molecule is CNC(=O)COCC(=O)NCCCCCCCNC(=O)COCC(=O)N[C@@H]1CC[C@@]2(O)[C@H]3Cc4ccc(O)c5c4[C@@]2(CCN3CC2CC2)[C@H]1O5. The number of rotatable bonds is 19. The van der Waals surface area contributed by atoms with Crippen LogP contribution in [0.15, 0.2) is 12.1 Å². The zero-order chi connectivity index (χ0) is 35.3. The van der Waals surface area contributed by atoms with E-state index in [9.17, 15) is 29.4 Å². The lowest BCUT2D eigenvalue weighted by Gasteiger charge is -2.64. The summed E-state index contributed by atoms with van der Waals surface area (Å²) in [5.41, 5.74) is 0.305. The molecule has 1 aromatic rings. The van der Waals surface area contributed by atoms with Crippen molar-refractivity contribution < 1.29 is 43.6 Å². The second-order valence-corrected chi connectivity index (χ2v) is 14.6. The molecule has 2 saturated carbocycles. The van der Waals surface area contributed by atoms with Gasteiger partial charge in [-0.2, -0.15) is 0 Å². The van der Waals surface area contributed by atoms with Gasteiger partial charge in [0, 0.05) is 38.3 Å². The predicted octanol–water partition coefficient (Wildman–Crippen LogP) is 0.403. The highest BCUT2D eigenvalue weighted by molar-refractivity contribution is 5.80. The number of likely N-dealkylation sites (N-methyl/N-ethyl adjacent to an activating group) is 1. The van der Waals surface area contributed by atoms with Gasteiger partial charge in [0.2, 0.25) is 23.6 Å². The number of phenols is 1. The first-order valence-electron chi connectivity index (χ1n) is 18.3. The molecule has 6 N–H and O–H groups in total. The summed E-state index contributed by atoms with van der Waals surface area (Å²) in [7, 11) is 1.50. The van der Waals surface area contributed by atoms with Gasteiger partial charge in [-0.05, 0) is 75.5 Å². The van der Waals surface area contributed by atoms with Gasteiger partial charge in [-0.1, -0.05) is 25.3 Å². The fourth-order valence-corrected chi connectivity index (χ4v) is 8.76. The van der Waals surface area contributed by atoms with Crippen molar-refractivity contribution in [3.05, 3.63) is 23.3 Å². The van der Waals surface area contributed by atoms with Crippen LogP contribution < -0.4 is 26.0 Å². The fourth-order valence-electron chi connectivity index (χ4n) is 8.76. The van der Waals surface area contributed by atoms with Crippen molar-refractivity contribution >= 4 is 23.6 Å². The van der Waals surface area contributed by atoms with Crippen molar-refractivity contribution in [3.63, 3.8) is 0 Å². The summed E-state index contributed by atoms with van der Waals surface area (Å²) in [6.07, 6.45) is 8.92. The lowest BCUT2D eigenvalue weighted by Crippen LogP contribution is -2.78. The van der Waals surface area contributed by atoms with E-state index in [1.54, 1.807) is 6.07 Å². The van der Waals surface area contributed by atoms with Crippen LogP contribution in [0.1, 0.15) is 75.3 Å². The topological polar surface area (TPSA) is 188 Å². The number of ether oxygens (including phenoxy) is 3. The van der Waals surface area contributed by atoms with Gasteiger partial charge in [-0.15, -0.1) is 0 Å². The number of likely N-dealkylation sites (tertiary alicyclic amines) is 1. The Hall–Kier alpha value is -3.46. The third-order valence-corrected chi connectivity index (χ3v) is 11.3. The highest BCUT2D eigenvalue weighted by atomic mass is 16.5. The van der Waals surface area contributed by atoms with Crippen LogP contribution in [0.5, 0.6) is 11.5 Å². The maximum absolute atomic E-state index is 13.1. The largest absolute Gasteiger partial charge is 0.504 e. The monoisotopic (exact) mass is 699 g/mol. The van der Waals surface area contributed by atoms with E-state index in [0.29, 0.717) is 44.0 Å². The minimum atomic E-state index is -1.02. The Bertz CT molecular complexity index is 1420. The van der Waals surface area contributed by atoms with Gasteiger partial charge >= 0.3 is 0 Å². The number of nitrogens with zero attached hydrogens (tertiary/aromatic N) is 1. The number of hydrogen-bond acceptors (Lipinski definition) is 10. The summed E-state index contributed by atoms with van der Waals surface area (Å²) >= 11 is 0. The number of unbranched alkanes of at least 4 members (excludes halogenated alkanes) is 4. The van der Waals surface area contributed by atoms with E-state index in [0.717, 1.165) is 62.7 Å². The minimum Gasteiger partial charge on any atom is -0.504 e. The van der Waals surface area contributed by atoms with Gasteiger partial charge < -0.3 is 45.7 Å². The smallest absolute Gasteiger partial charge is 0.246 e. The van der Waals surface area contributed by atoms with Crippen LogP contribution >= 0.6 is 0 Å². The van der Waals surface area contributed by atoms with E-state index in [-0.39, 0.29) is 67.9 Å². The summed E-state index contributed by atoms with van der Waals surface area (Å²) in [5, 5.41) is 34.5. The Morgan fingerprint density at radius 3 is 2.18 bits per heavy atom. The summed E-state index contributed by atoms with van der Waals surface area (Å²) < 4.78 is 17.0. The van der Waals surface area contributed by atoms with E-state index in [2.05, 4.69) is 26.2 Å². The molecule has 2 aliphatic heterocycles. The fraction of sp³-hybridized carbons (Fsp3) is 0.722. The number of nitrogens with one attached hydrogen (secondary N) is 4. The Labute approximate surface area is 293 Å². The quantitative estimate of drug-likeness (QED) is 0.110. The van der Waals surface area contributed by atoms with Gasteiger partial charge in [0.15, 0.2) is 11.5 Å². The Kier molecular flexibility index (Phi) is 11.5. The van der Waals surface area contributed by atoms with Gasteiger partial charge in [-0.3, -0.25) is 24.1 Å². The van der Waals surface area contributed by atoms with E-state index >= 15 is 0 Å². The maximum Gasteiger partial charge on any atom is 0.246 e. The first-order valence-corrected chi connectivity index (χ1v) is 18.3. The molecule has 6 rings (SSSR count). The number of aromatic hydroxyl groups is 1. The molecular weight excluding hydrogens is 646 g/mol.